The van der Waals surface area contributed by atoms with Gasteiger partial charge in [0.25, 0.3) is 5.56 Å². The van der Waals surface area contributed by atoms with Gasteiger partial charge < -0.3 is 4.74 Å². The van der Waals surface area contributed by atoms with Crippen molar-refractivity contribution in [2.24, 2.45) is 0 Å². The van der Waals surface area contributed by atoms with Gasteiger partial charge >= 0.3 is 5.97 Å². The molecule has 2 heterocycles. The Labute approximate surface area is 179 Å². The molecule has 0 aliphatic heterocycles. The van der Waals surface area contributed by atoms with Crippen molar-refractivity contribution in [2.75, 3.05) is 0 Å². The molecule has 7 heteroatoms. The van der Waals surface area contributed by atoms with Crippen molar-refractivity contribution in [1.82, 2.24) is 9.55 Å². The maximum Gasteiger partial charge on any atom is 0.349 e. The van der Waals surface area contributed by atoms with Crippen LogP contribution in [-0.2, 0) is 17.9 Å². The fraction of sp³-hybridized carbons (Fsp3) is 0.136. The molecule has 2 aromatic carbocycles. The lowest BCUT2D eigenvalue weighted by atomic mass is 10.2. The first-order valence-electron chi connectivity index (χ1n) is 8.97. The highest BCUT2D eigenvalue weighted by molar-refractivity contribution is 9.10. The Morgan fingerprint density at radius 3 is 2.66 bits per heavy atom. The molecule has 0 atom stereocenters. The van der Waals surface area contributed by atoms with E-state index in [1.54, 1.807) is 11.5 Å². The first kappa shape index (κ1) is 19.5. The Hall–Kier alpha value is -2.77. The first-order chi connectivity index (χ1) is 14.0. The number of hydrogen-bond donors (Lipinski definition) is 0. The van der Waals surface area contributed by atoms with Gasteiger partial charge in [0, 0.05) is 4.47 Å². The van der Waals surface area contributed by atoms with Crippen LogP contribution in [0.3, 0.4) is 0 Å². The van der Waals surface area contributed by atoms with Crippen molar-refractivity contribution in [2.45, 2.75) is 20.1 Å². The first-order valence-corrected chi connectivity index (χ1v) is 10.6. The molecule has 29 heavy (non-hydrogen) atoms. The molecule has 4 rings (SSSR count). The van der Waals surface area contributed by atoms with E-state index in [9.17, 15) is 9.59 Å². The second kappa shape index (κ2) is 8.31. The molecule has 146 valence electrons. The average molecular weight is 469 g/mol. The number of aryl methyl sites for hydroxylation is 1. The van der Waals surface area contributed by atoms with E-state index in [0.29, 0.717) is 27.2 Å². The zero-order chi connectivity index (χ0) is 20.4. The third-order valence-corrected chi connectivity index (χ3v) is 6.23. The van der Waals surface area contributed by atoms with Crippen LogP contribution in [0.4, 0.5) is 0 Å². The SMILES string of the molecule is Cc1c(C(=O)OCc2ccccc2)sc2ncn(Cc3cccc(Br)c3)c(=O)c12. The van der Waals surface area contributed by atoms with E-state index >= 15 is 0 Å². The maximum absolute atomic E-state index is 13.0. The number of aromatic nitrogens is 2. The highest BCUT2D eigenvalue weighted by atomic mass is 79.9. The molecule has 0 N–H and O–H groups in total. The monoisotopic (exact) mass is 468 g/mol. The van der Waals surface area contributed by atoms with Gasteiger partial charge in [-0.05, 0) is 35.7 Å². The second-order valence-electron chi connectivity index (χ2n) is 6.61. The van der Waals surface area contributed by atoms with Crippen molar-refractivity contribution >= 4 is 43.5 Å². The summed E-state index contributed by atoms with van der Waals surface area (Å²) in [5.41, 5.74) is 2.35. The van der Waals surface area contributed by atoms with Crippen molar-refractivity contribution in [3.05, 3.63) is 97.3 Å². The number of ether oxygens (including phenoxy) is 1. The molecule has 0 amide bonds. The van der Waals surface area contributed by atoms with E-state index in [1.165, 1.54) is 17.7 Å². The molecule has 5 nitrogen and oxygen atoms in total. The fourth-order valence-electron chi connectivity index (χ4n) is 3.09. The van der Waals surface area contributed by atoms with Crippen LogP contribution < -0.4 is 5.56 Å². The standard InChI is InChI=1S/C22H17BrN2O3S/c1-14-18-20(29-19(14)22(27)28-12-15-6-3-2-4-7-15)24-13-25(21(18)26)11-16-8-5-9-17(23)10-16/h2-10,13H,11-12H2,1H3. The van der Waals surface area contributed by atoms with E-state index in [-0.39, 0.29) is 12.2 Å². The van der Waals surface area contributed by atoms with Gasteiger partial charge in [0.15, 0.2) is 0 Å². The third kappa shape index (κ3) is 4.16. The van der Waals surface area contributed by atoms with Gasteiger partial charge in [-0.3, -0.25) is 9.36 Å². The third-order valence-electron chi connectivity index (χ3n) is 4.56. The lowest BCUT2D eigenvalue weighted by molar-refractivity contribution is 0.0478. The molecule has 0 saturated carbocycles. The average Bonchev–Trinajstić information content (AvgIpc) is 3.06. The molecular weight excluding hydrogens is 452 g/mol. The van der Waals surface area contributed by atoms with Gasteiger partial charge in [0.2, 0.25) is 0 Å². The van der Waals surface area contributed by atoms with Crippen LogP contribution >= 0.6 is 27.3 Å². The number of hydrogen-bond acceptors (Lipinski definition) is 5. The van der Waals surface area contributed by atoms with Crippen molar-refractivity contribution < 1.29 is 9.53 Å². The Bertz CT molecular complexity index is 1250. The summed E-state index contributed by atoms with van der Waals surface area (Å²) in [4.78, 5) is 31.0. The number of carbonyl (C=O) groups is 1. The van der Waals surface area contributed by atoms with Crippen LogP contribution in [0.5, 0.6) is 0 Å². The molecule has 0 bridgehead atoms. The molecule has 0 saturated heterocycles. The summed E-state index contributed by atoms with van der Waals surface area (Å²) in [5, 5.41) is 0.471. The van der Waals surface area contributed by atoms with Crippen LogP contribution in [0.1, 0.15) is 26.4 Å². The predicted molar refractivity (Wildman–Crippen MR) is 117 cm³/mol. The summed E-state index contributed by atoms with van der Waals surface area (Å²) >= 11 is 4.64. The minimum Gasteiger partial charge on any atom is -0.457 e. The van der Waals surface area contributed by atoms with Gasteiger partial charge in [-0.15, -0.1) is 11.3 Å². The normalized spacial score (nSPS) is 11.0. The summed E-state index contributed by atoms with van der Waals surface area (Å²) < 4.78 is 7.94. The van der Waals surface area contributed by atoms with Crippen LogP contribution in [0.2, 0.25) is 0 Å². The number of fused-ring (bicyclic) bond motifs is 1. The van der Waals surface area contributed by atoms with E-state index < -0.39 is 5.97 Å². The zero-order valence-corrected chi connectivity index (χ0v) is 18.0. The number of thiophene rings is 1. The van der Waals surface area contributed by atoms with Crippen LogP contribution in [0.25, 0.3) is 10.2 Å². The van der Waals surface area contributed by atoms with Crippen molar-refractivity contribution in [1.29, 1.82) is 0 Å². The van der Waals surface area contributed by atoms with Crippen LogP contribution in [0, 0.1) is 6.92 Å². The highest BCUT2D eigenvalue weighted by Gasteiger charge is 2.20. The summed E-state index contributed by atoms with van der Waals surface area (Å²) in [5.74, 6) is -0.438. The minimum absolute atomic E-state index is 0.161. The summed E-state index contributed by atoms with van der Waals surface area (Å²) in [6.45, 7) is 2.36. The molecule has 0 radical (unpaired) electrons. The maximum atomic E-state index is 13.0. The van der Waals surface area contributed by atoms with Gasteiger partial charge in [-0.2, -0.15) is 0 Å². The number of halogens is 1. The minimum atomic E-state index is -0.438. The van der Waals surface area contributed by atoms with E-state index in [0.717, 1.165) is 15.6 Å². The molecule has 0 spiro atoms. The number of esters is 1. The van der Waals surface area contributed by atoms with E-state index in [4.69, 9.17) is 4.74 Å². The largest absolute Gasteiger partial charge is 0.457 e. The van der Waals surface area contributed by atoms with E-state index in [2.05, 4.69) is 20.9 Å². The lowest BCUT2D eigenvalue weighted by Gasteiger charge is -2.06. The molecule has 4 aromatic rings. The number of carbonyl (C=O) groups excluding carboxylic acids is 1. The van der Waals surface area contributed by atoms with Gasteiger partial charge in [0.1, 0.15) is 16.3 Å². The number of nitrogens with zero attached hydrogens (tertiary/aromatic N) is 2. The Morgan fingerprint density at radius 1 is 1.14 bits per heavy atom. The quantitative estimate of drug-likeness (QED) is 0.389. The van der Waals surface area contributed by atoms with Crippen molar-refractivity contribution in [3.8, 4) is 0 Å². The number of benzene rings is 2. The van der Waals surface area contributed by atoms with Gasteiger partial charge in [0.05, 0.1) is 18.3 Å². The predicted octanol–water partition coefficient (Wildman–Crippen LogP) is 4.93. The molecule has 0 aliphatic carbocycles. The van der Waals surface area contributed by atoms with Crippen molar-refractivity contribution in [3.63, 3.8) is 0 Å². The van der Waals surface area contributed by atoms with E-state index in [1.807, 2.05) is 54.6 Å². The van der Waals surface area contributed by atoms with Gasteiger partial charge in [-0.1, -0.05) is 58.4 Å². The molecule has 0 unspecified atom stereocenters. The second-order valence-corrected chi connectivity index (χ2v) is 8.52. The number of rotatable bonds is 5. The van der Waals surface area contributed by atoms with Crippen LogP contribution in [0.15, 0.2) is 70.2 Å². The summed E-state index contributed by atoms with van der Waals surface area (Å²) in [6, 6.07) is 17.3. The summed E-state index contributed by atoms with van der Waals surface area (Å²) in [6.07, 6.45) is 1.53. The Kier molecular flexibility index (Phi) is 5.60. The van der Waals surface area contributed by atoms with Crippen LogP contribution in [-0.4, -0.2) is 15.5 Å². The topological polar surface area (TPSA) is 61.2 Å². The molecule has 2 aromatic heterocycles. The van der Waals surface area contributed by atoms with Gasteiger partial charge in [-0.25, -0.2) is 9.78 Å². The zero-order valence-electron chi connectivity index (χ0n) is 15.6. The Morgan fingerprint density at radius 2 is 1.90 bits per heavy atom. The lowest BCUT2D eigenvalue weighted by Crippen LogP contribution is -2.21. The fourth-order valence-corrected chi connectivity index (χ4v) is 4.57. The smallest absolute Gasteiger partial charge is 0.349 e. The highest BCUT2D eigenvalue weighted by Crippen LogP contribution is 2.28. The Balaban J connectivity index is 1.62. The molecular formula is C22H17BrN2O3S. The molecule has 0 aliphatic rings. The molecule has 0 fully saturated rings. The summed E-state index contributed by atoms with van der Waals surface area (Å²) in [7, 11) is 0.